The highest BCUT2D eigenvalue weighted by atomic mass is 16.5. The highest BCUT2D eigenvalue weighted by Crippen LogP contribution is 2.23. The smallest absolute Gasteiger partial charge is 0.125 e. The molecule has 1 aromatic carbocycles. The summed E-state index contributed by atoms with van der Waals surface area (Å²) in [4.78, 5) is 2.48. The topological polar surface area (TPSA) is 12.5 Å². The lowest BCUT2D eigenvalue weighted by Gasteiger charge is -2.32. The zero-order valence-electron chi connectivity index (χ0n) is 11.9. The van der Waals surface area contributed by atoms with Gasteiger partial charge in [0.25, 0.3) is 0 Å². The van der Waals surface area contributed by atoms with Gasteiger partial charge in [0.2, 0.25) is 0 Å². The summed E-state index contributed by atoms with van der Waals surface area (Å²) in [5.41, 5.74) is 2.49. The van der Waals surface area contributed by atoms with Gasteiger partial charge in [-0.25, -0.2) is 0 Å². The number of para-hydroxylation sites is 1. The van der Waals surface area contributed by atoms with E-state index in [4.69, 9.17) is 4.74 Å². The third-order valence-electron chi connectivity index (χ3n) is 4.03. The van der Waals surface area contributed by atoms with Crippen LogP contribution >= 0.6 is 0 Å². The van der Waals surface area contributed by atoms with E-state index < -0.39 is 0 Å². The van der Waals surface area contributed by atoms with Crippen molar-refractivity contribution in [3.8, 4) is 5.75 Å². The lowest BCUT2D eigenvalue weighted by Crippen LogP contribution is -2.37. The first-order valence-corrected chi connectivity index (χ1v) is 7.07. The molecule has 1 unspecified atom stereocenters. The Balaban J connectivity index is 1.84. The van der Waals surface area contributed by atoms with Gasteiger partial charge in [-0.05, 0) is 57.8 Å². The molecule has 0 bridgehead atoms. The summed E-state index contributed by atoms with van der Waals surface area (Å²) in [6, 6.07) is 7.04. The molecule has 2 heteroatoms. The minimum atomic E-state index is 0.711. The second-order valence-electron chi connectivity index (χ2n) is 5.49. The van der Waals surface area contributed by atoms with Crippen molar-refractivity contribution >= 4 is 0 Å². The van der Waals surface area contributed by atoms with E-state index in [9.17, 15) is 0 Å². The molecule has 18 heavy (non-hydrogen) atoms. The summed E-state index contributed by atoms with van der Waals surface area (Å²) in [5, 5.41) is 0. The zero-order valence-corrected chi connectivity index (χ0v) is 11.9. The molecule has 1 atom stereocenters. The lowest BCUT2D eigenvalue weighted by atomic mass is 10.0. The number of ether oxygens (including phenoxy) is 1. The normalized spacial score (nSPS) is 20.9. The maximum absolute atomic E-state index is 5.99. The van der Waals surface area contributed by atoms with Crippen LogP contribution in [-0.4, -0.2) is 31.1 Å². The second kappa shape index (κ2) is 6.24. The van der Waals surface area contributed by atoms with Gasteiger partial charge in [-0.1, -0.05) is 24.6 Å². The van der Waals surface area contributed by atoms with Crippen molar-refractivity contribution in [1.82, 2.24) is 4.90 Å². The molecule has 0 N–H and O–H groups in total. The molecule has 1 aromatic rings. The highest BCUT2D eigenvalue weighted by Gasteiger charge is 2.18. The number of likely N-dealkylation sites (tertiary alicyclic amines) is 1. The molecule has 100 valence electrons. The summed E-state index contributed by atoms with van der Waals surface area (Å²) in [5.74, 6) is 1.08. The average molecular weight is 247 g/mol. The number of hydrogen-bond acceptors (Lipinski definition) is 2. The molecule has 0 spiro atoms. The molecule has 0 amide bonds. The van der Waals surface area contributed by atoms with E-state index in [1.54, 1.807) is 0 Å². The molecule has 0 radical (unpaired) electrons. The zero-order chi connectivity index (χ0) is 13.0. The molecule has 0 saturated carbocycles. The van der Waals surface area contributed by atoms with Gasteiger partial charge < -0.3 is 9.64 Å². The van der Waals surface area contributed by atoms with E-state index in [0.29, 0.717) is 6.04 Å². The molecule has 0 aromatic heterocycles. The largest absolute Gasteiger partial charge is 0.493 e. The Morgan fingerprint density at radius 3 is 2.61 bits per heavy atom. The summed E-state index contributed by atoms with van der Waals surface area (Å²) < 4.78 is 5.99. The second-order valence-corrected chi connectivity index (χ2v) is 5.49. The van der Waals surface area contributed by atoms with Crippen LogP contribution in [0.15, 0.2) is 18.2 Å². The maximum Gasteiger partial charge on any atom is 0.125 e. The average Bonchev–Trinajstić information content (AvgIpc) is 2.35. The first kappa shape index (κ1) is 13.4. The quantitative estimate of drug-likeness (QED) is 0.806. The van der Waals surface area contributed by atoms with E-state index in [-0.39, 0.29) is 0 Å². The van der Waals surface area contributed by atoms with Crippen molar-refractivity contribution in [2.45, 2.75) is 45.6 Å². The van der Waals surface area contributed by atoms with E-state index >= 15 is 0 Å². The first-order chi connectivity index (χ1) is 8.68. The summed E-state index contributed by atoms with van der Waals surface area (Å²) >= 11 is 0. The fourth-order valence-corrected chi connectivity index (χ4v) is 2.83. The van der Waals surface area contributed by atoms with E-state index in [0.717, 1.165) is 18.8 Å². The van der Waals surface area contributed by atoms with Crippen LogP contribution in [0, 0.1) is 13.8 Å². The third-order valence-corrected chi connectivity index (χ3v) is 4.03. The SMILES string of the molecule is Cc1cccc(C)c1OCCC1CCCCN1C. The van der Waals surface area contributed by atoms with Gasteiger partial charge in [0.05, 0.1) is 6.61 Å². The molecule has 0 aliphatic carbocycles. The van der Waals surface area contributed by atoms with Crippen LogP contribution < -0.4 is 4.74 Å². The van der Waals surface area contributed by atoms with Crippen LogP contribution in [0.4, 0.5) is 0 Å². The predicted molar refractivity (Wildman–Crippen MR) is 76.3 cm³/mol. The monoisotopic (exact) mass is 247 g/mol. The number of nitrogens with zero attached hydrogens (tertiary/aromatic N) is 1. The Labute approximate surface area is 111 Å². The van der Waals surface area contributed by atoms with Gasteiger partial charge in [0, 0.05) is 6.04 Å². The van der Waals surface area contributed by atoms with Crippen LogP contribution in [0.5, 0.6) is 5.75 Å². The van der Waals surface area contributed by atoms with Crippen molar-refractivity contribution in [3.63, 3.8) is 0 Å². The van der Waals surface area contributed by atoms with Crippen LogP contribution in [0.2, 0.25) is 0 Å². The van der Waals surface area contributed by atoms with E-state index in [1.165, 1.54) is 36.9 Å². The molecular formula is C16H25NO. The highest BCUT2D eigenvalue weighted by molar-refractivity contribution is 5.39. The van der Waals surface area contributed by atoms with Gasteiger partial charge in [-0.2, -0.15) is 0 Å². The Kier molecular flexibility index (Phi) is 4.65. The van der Waals surface area contributed by atoms with Crippen LogP contribution in [0.25, 0.3) is 0 Å². The molecule has 1 heterocycles. The summed E-state index contributed by atoms with van der Waals surface area (Å²) in [7, 11) is 2.24. The van der Waals surface area contributed by atoms with Crippen LogP contribution in [-0.2, 0) is 0 Å². The van der Waals surface area contributed by atoms with Gasteiger partial charge in [0.1, 0.15) is 5.75 Å². The Hall–Kier alpha value is -1.02. The summed E-state index contributed by atoms with van der Waals surface area (Å²) in [6.45, 7) is 6.32. The lowest BCUT2D eigenvalue weighted by molar-refractivity contribution is 0.152. The number of rotatable bonds is 4. The minimum Gasteiger partial charge on any atom is -0.493 e. The Morgan fingerprint density at radius 2 is 1.94 bits per heavy atom. The van der Waals surface area contributed by atoms with Gasteiger partial charge in [-0.3, -0.25) is 0 Å². The Morgan fingerprint density at radius 1 is 1.22 bits per heavy atom. The Bertz CT molecular complexity index is 368. The van der Waals surface area contributed by atoms with Gasteiger partial charge >= 0.3 is 0 Å². The number of hydrogen-bond donors (Lipinski definition) is 0. The first-order valence-electron chi connectivity index (χ1n) is 7.07. The van der Waals surface area contributed by atoms with Gasteiger partial charge in [0.15, 0.2) is 0 Å². The van der Waals surface area contributed by atoms with Gasteiger partial charge in [-0.15, -0.1) is 0 Å². The fraction of sp³-hybridized carbons (Fsp3) is 0.625. The molecule has 2 nitrogen and oxygen atoms in total. The van der Waals surface area contributed by atoms with Crippen molar-refractivity contribution in [3.05, 3.63) is 29.3 Å². The predicted octanol–water partition coefficient (Wildman–Crippen LogP) is 3.56. The van der Waals surface area contributed by atoms with Crippen molar-refractivity contribution in [1.29, 1.82) is 0 Å². The fourth-order valence-electron chi connectivity index (χ4n) is 2.83. The molecule has 1 saturated heterocycles. The minimum absolute atomic E-state index is 0.711. The van der Waals surface area contributed by atoms with E-state index in [1.807, 2.05) is 0 Å². The van der Waals surface area contributed by atoms with Crippen LogP contribution in [0.1, 0.15) is 36.8 Å². The molecular weight excluding hydrogens is 222 g/mol. The number of benzene rings is 1. The summed E-state index contributed by atoms with van der Waals surface area (Å²) in [6.07, 6.45) is 5.19. The van der Waals surface area contributed by atoms with Crippen molar-refractivity contribution in [2.75, 3.05) is 20.2 Å². The molecule has 1 fully saturated rings. The molecule has 2 rings (SSSR count). The van der Waals surface area contributed by atoms with E-state index in [2.05, 4.69) is 44.0 Å². The van der Waals surface area contributed by atoms with Crippen molar-refractivity contribution in [2.24, 2.45) is 0 Å². The maximum atomic E-state index is 5.99. The molecule has 1 aliphatic heterocycles. The number of aryl methyl sites for hydroxylation is 2. The number of piperidine rings is 1. The van der Waals surface area contributed by atoms with Crippen LogP contribution in [0.3, 0.4) is 0 Å². The third kappa shape index (κ3) is 3.26. The standard InChI is InChI=1S/C16H25NO/c1-13-7-6-8-14(2)16(13)18-12-10-15-9-4-5-11-17(15)3/h6-8,15H,4-5,9-12H2,1-3H3. The van der Waals surface area contributed by atoms with Crippen molar-refractivity contribution < 1.29 is 4.74 Å². The molecule has 1 aliphatic rings.